The van der Waals surface area contributed by atoms with E-state index >= 15 is 0 Å². The topological polar surface area (TPSA) is 0 Å². The molecule has 3 aliphatic carbocycles. The Labute approximate surface area is 126 Å². The molecule has 82 valence electrons. The molecule has 0 spiro atoms. The molecule has 0 aliphatic heterocycles. The summed E-state index contributed by atoms with van der Waals surface area (Å²) >= 11 is 0. The fourth-order valence-electron chi connectivity index (χ4n) is 3.05. The minimum atomic E-state index is -4.95. The van der Waals surface area contributed by atoms with Crippen LogP contribution >= 0.6 is 0 Å². The van der Waals surface area contributed by atoms with Gasteiger partial charge < -0.3 is 12.9 Å². The third-order valence-electron chi connectivity index (χ3n) is 3.45. The standard InChI is InChI=1S/C7H8BF6.K/c9-7(10,11)4-5-1-6(2-5,3-5)8(12,13)14;/h1-4H2;/q-1;+1. The fraction of sp³-hybridized carbons (Fsp3) is 1.00. The van der Waals surface area contributed by atoms with Crippen LogP contribution in [0, 0.1) is 5.41 Å². The molecule has 0 amide bonds. The molecule has 3 fully saturated rings. The first kappa shape index (κ1) is 14.3. The summed E-state index contributed by atoms with van der Waals surface area (Å²) in [4.78, 5) is 0. The molecule has 8 heteroatoms. The van der Waals surface area contributed by atoms with Gasteiger partial charge in [-0.15, -0.1) is 0 Å². The first-order valence-electron chi connectivity index (χ1n) is 4.34. The van der Waals surface area contributed by atoms with Gasteiger partial charge in [0.25, 0.3) is 0 Å². The van der Waals surface area contributed by atoms with E-state index in [0.29, 0.717) is 0 Å². The number of alkyl halides is 3. The monoisotopic (exact) mass is 256 g/mol. The van der Waals surface area contributed by atoms with Gasteiger partial charge in [-0.2, -0.15) is 13.2 Å². The summed E-state index contributed by atoms with van der Waals surface area (Å²) in [6, 6.07) is 0. The van der Waals surface area contributed by atoms with E-state index in [1.54, 1.807) is 0 Å². The summed E-state index contributed by atoms with van der Waals surface area (Å²) in [5.41, 5.74) is -1.06. The van der Waals surface area contributed by atoms with Gasteiger partial charge >= 0.3 is 64.5 Å². The van der Waals surface area contributed by atoms with E-state index in [1.807, 2.05) is 0 Å². The third kappa shape index (κ3) is 2.29. The van der Waals surface area contributed by atoms with Crippen molar-refractivity contribution in [2.45, 2.75) is 37.2 Å². The van der Waals surface area contributed by atoms with Gasteiger partial charge in [-0.05, 0) is 5.41 Å². The minimum absolute atomic E-state index is 0. The van der Waals surface area contributed by atoms with Crippen molar-refractivity contribution in [3.8, 4) is 0 Å². The summed E-state index contributed by atoms with van der Waals surface area (Å²) in [6.45, 7) is -4.95. The molecule has 0 atom stereocenters. The molecule has 0 aromatic heterocycles. The SMILES string of the molecule is F[B-](F)(F)C12CC(CC(F)(F)F)(C1)C2.[K+]. The Morgan fingerprint density at radius 3 is 1.67 bits per heavy atom. The van der Waals surface area contributed by atoms with Gasteiger partial charge in [0.1, 0.15) is 0 Å². The zero-order valence-corrected chi connectivity index (χ0v) is 11.3. The predicted molar refractivity (Wildman–Crippen MR) is 38.7 cm³/mol. The molecule has 15 heavy (non-hydrogen) atoms. The van der Waals surface area contributed by atoms with E-state index in [-0.39, 0.29) is 70.6 Å². The largest absolute Gasteiger partial charge is 1.00 e. The Balaban J connectivity index is 0.00000112. The molecule has 3 aliphatic rings. The molecule has 3 saturated carbocycles. The van der Waals surface area contributed by atoms with E-state index in [0.717, 1.165) is 0 Å². The first-order valence-corrected chi connectivity index (χ1v) is 4.34. The van der Waals surface area contributed by atoms with Crippen LogP contribution in [0.25, 0.3) is 0 Å². The third-order valence-corrected chi connectivity index (χ3v) is 3.45. The van der Waals surface area contributed by atoms with Crippen LogP contribution in [-0.2, 0) is 0 Å². The van der Waals surface area contributed by atoms with Crippen molar-refractivity contribution in [3.63, 3.8) is 0 Å². The Morgan fingerprint density at radius 2 is 1.40 bits per heavy atom. The number of rotatable bonds is 2. The van der Waals surface area contributed by atoms with E-state index in [1.165, 1.54) is 0 Å². The molecular formula is C7H8BF6K. The summed E-state index contributed by atoms with van der Waals surface area (Å²) < 4.78 is 72.7. The second kappa shape index (κ2) is 3.64. The fourth-order valence-corrected chi connectivity index (χ4v) is 3.05. The molecular weight excluding hydrogens is 248 g/mol. The summed E-state index contributed by atoms with van der Waals surface area (Å²) in [6.07, 6.45) is -6.28. The normalized spacial score (nSPS) is 38.8. The summed E-state index contributed by atoms with van der Waals surface area (Å²) in [5.74, 6) is 0. The maximum atomic E-state index is 12.3. The van der Waals surface area contributed by atoms with Crippen molar-refractivity contribution in [1.82, 2.24) is 0 Å². The van der Waals surface area contributed by atoms with Crippen molar-refractivity contribution in [3.05, 3.63) is 0 Å². The van der Waals surface area contributed by atoms with Crippen LogP contribution in [0.3, 0.4) is 0 Å². The van der Waals surface area contributed by atoms with Crippen LogP contribution in [0.1, 0.15) is 25.7 Å². The van der Waals surface area contributed by atoms with Gasteiger partial charge in [0.2, 0.25) is 0 Å². The molecule has 0 unspecified atom stereocenters. The first-order chi connectivity index (χ1) is 6.08. The number of halogens is 6. The van der Waals surface area contributed by atoms with Gasteiger partial charge in [0, 0.05) is 6.42 Å². The zero-order valence-electron chi connectivity index (χ0n) is 8.17. The molecule has 0 heterocycles. The minimum Gasteiger partial charge on any atom is -0.449 e. The molecule has 0 N–H and O–H groups in total. The van der Waals surface area contributed by atoms with Crippen molar-refractivity contribution in [1.29, 1.82) is 0 Å². The summed E-state index contributed by atoms with van der Waals surface area (Å²) in [7, 11) is 0. The molecule has 0 radical (unpaired) electrons. The zero-order chi connectivity index (χ0) is 10.8. The van der Waals surface area contributed by atoms with E-state index in [2.05, 4.69) is 0 Å². The van der Waals surface area contributed by atoms with Gasteiger partial charge in [-0.3, -0.25) is 0 Å². The van der Waals surface area contributed by atoms with Crippen molar-refractivity contribution < 1.29 is 77.5 Å². The second-order valence-electron chi connectivity index (χ2n) is 4.76. The van der Waals surface area contributed by atoms with Gasteiger partial charge in [-0.25, -0.2) is 0 Å². The number of hydrogen-bond acceptors (Lipinski definition) is 0. The van der Waals surface area contributed by atoms with Crippen LogP contribution in [0.5, 0.6) is 0 Å². The van der Waals surface area contributed by atoms with E-state index in [9.17, 15) is 26.1 Å². The quantitative estimate of drug-likeness (QED) is 0.504. The van der Waals surface area contributed by atoms with E-state index in [4.69, 9.17) is 0 Å². The smallest absolute Gasteiger partial charge is 0.449 e. The Kier molecular flexibility index (Phi) is 3.48. The molecule has 0 aromatic rings. The van der Waals surface area contributed by atoms with Crippen LogP contribution < -0.4 is 51.4 Å². The average molecular weight is 256 g/mol. The molecule has 0 aromatic carbocycles. The van der Waals surface area contributed by atoms with Crippen LogP contribution in [0.4, 0.5) is 26.1 Å². The van der Waals surface area contributed by atoms with Gasteiger partial charge in [0.05, 0.1) is 0 Å². The number of hydrogen-bond donors (Lipinski definition) is 0. The van der Waals surface area contributed by atoms with Crippen LogP contribution in [0.2, 0.25) is 5.31 Å². The predicted octanol–water partition coefficient (Wildman–Crippen LogP) is 0.714. The van der Waals surface area contributed by atoms with Gasteiger partial charge in [0.15, 0.2) is 0 Å². The average Bonchev–Trinajstić information content (AvgIpc) is 1.68. The van der Waals surface area contributed by atoms with E-state index < -0.39 is 30.3 Å². The van der Waals surface area contributed by atoms with Crippen LogP contribution in [0.15, 0.2) is 0 Å². The summed E-state index contributed by atoms with van der Waals surface area (Å²) in [5, 5.41) is -1.70. The maximum absolute atomic E-state index is 12.3. The molecule has 3 rings (SSSR count). The molecule has 2 bridgehead atoms. The molecule has 0 nitrogen and oxygen atoms in total. The van der Waals surface area contributed by atoms with Gasteiger partial charge in [-0.1, -0.05) is 24.6 Å². The Hall–Kier alpha value is 1.28. The van der Waals surface area contributed by atoms with Crippen molar-refractivity contribution in [2.24, 2.45) is 5.41 Å². The maximum Gasteiger partial charge on any atom is 1.00 e. The Morgan fingerprint density at radius 1 is 1.00 bits per heavy atom. The van der Waals surface area contributed by atoms with Crippen LogP contribution in [-0.4, -0.2) is 13.2 Å². The Bertz CT molecular complexity index is 250. The molecule has 0 saturated heterocycles. The van der Waals surface area contributed by atoms with Crippen molar-refractivity contribution >= 4 is 6.98 Å². The van der Waals surface area contributed by atoms with Crippen molar-refractivity contribution in [2.75, 3.05) is 0 Å². The second-order valence-corrected chi connectivity index (χ2v) is 4.76.